The molecule has 0 saturated carbocycles. The lowest BCUT2D eigenvalue weighted by Crippen LogP contribution is -2.48. The number of rotatable bonds is 8. The van der Waals surface area contributed by atoms with Gasteiger partial charge in [0.05, 0.1) is 30.3 Å². The number of nitrogens with zero attached hydrogens (tertiary/aromatic N) is 3. The molecule has 9 nitrogen and oxygen atoms in total. The number of carbonyl (C=O) groups excluding carboxylic acids is 1. The highest BCUT2D eigenvalue weighted by Crippen LogP contribution is 2.32. The topological polar surface area (TPSA) is 109 Å². The second-order valence-corrected chi connectivity index (χ2v) is 11.9. The van der Waals surface area contributed by atoms with Crippen molar-refractivity contribution in [2.45, 2.75) is 42.3 Å². The molecule has 1 atom stereocenters. The Hall–Kier alpha value is -3.31. The molecule has 2 aliphatic rings. The second kappa shape index (κ2) is 11.4. The number of aliphatic hydroxyl groups is 1. The standard InChI is InChI=1S/C29H33N3O6S/c1-37-25-9-11-26(12-10-25)39(35,36)32-19-23-7-3-2-6-22(23)18-24(32)20-38-21-28(33)31-16-13-29(34,14-17-31)27-8-4-5-15-30-27/h2-12,15,24,34H,13-14,16-21H2,1H3. The van der Waals surface area contributed by atoms with E-state index in [9.17, 15) is 18.3 Å². The Morgan fingerprint density at radius 2 is 1.72 bits per heavy atom. The van der Waals surface area contributed by atoms with E-state index in [1.807, 2.05) is 30.3 Å². The molecule has 1 saturated heterocycles. The Bertz CT molecular complexity index is 1390. The SMILES string of the molecule is COc1ccc(S(=O)(=O)N2Cc3ccccc3CC2COCC(=O)N2CCC(O)(c3ccccn3)CC2)cc1. The fourth-order valence-corrected chi connectivity index (χ4v) is 6.85. The van der Waals surface area contributed by atoms with Gasteiger partial charge >= 0.3 is 0 Å². The molecule has 3 heterocycles. The Labute approximate surface area is 229 Å². The van der Waals surface area contributed by atoms with Crippen LogP contribution < -0.4 is 4.74 Å². The van der Waals surface area contributed by atoms with E-state index in [0.717, 1.165) is 11.1 Å². The van der Waals surface area contributed by atoms with Crippen molar-refractivity contribution in [1.82, 2.24) is 14.2 Å². The number of hydrogen-bond donors (Lipinski definition) is 1. The van der Waals surface area contributed by atoms with E-state index in [2.05, 4.69) is 4.98 Å². The Kier molecular flexibility index (Phi) is 7.99. The molecule has 10 heteroatoms. The molecule has 1 unspecified atom stereocenters. The van der Waals surface area contributed by atoms with Crippen molar-refractivity contribution in [3.8, 4) is 5.75 Å². The molecule has 1 amide bonds. The predicted molar refractivity (Wildman–Crippen MR) is 144 cm³/mol. The maximum atomic E-state index is 13.7. The summed E-state index contributed by atoms with van der Waals surface area (Å²) in [5, 5.41) is 11.0. The first-order valence-electron chi connectivity index (χ1n) is 13.0. The first-order valence-corrected chi connectivity index (χ1v) is 14.5. The highest BCUT2D eigenvalue weighted by Gasteiger charge is 2.38. The van der Waals surface area contributed by atoms with Crippen molar-refractivity contribution in [3.63, 3.8) is 0 Å². The van der Waals surface area contributed by atoms with Gasteiger partial charge in [0.1, 0.15) is 18.0 Å². The van der Waals surface area contributed by atoms with Gasteiger partial charge in [-0.1, -0.05) is 30.3 Å². The number of likely N-dealkylation sites (tertiary alicyclic amines) is 1. The summed E-state index contributed by atoms with van der Waals surface area (Å²) in [7, 11) is -2.29. The van der Waals surface area contributed by atoms with Gasteiger partial charge < -0.3 is 19.5 Å². The van der Waals surface area contributed by atoms with Gasteiger partial charge in [-0.05, 0) is 66.8 Å². The van der Waals surface area contributed by atoms with Crippen LogP contribution in [-0.4, -0.2) is 73.1 Å². The summed E-state index contributed by atoms with van der Waals surface area (Å²) < 4.78 is 39.8. The summed E-state index contributed by atoms with van der Waals surface area (Å²) >= 11 is 0. The van der Waals surface area contributed by atoms with Gasteiger partial charge in [-0.25, -0.2) is 8.42 Å². The van der Waals surface area contributed by atoms with Crippen molar-refractivity contribution in [2.24, 2.45) is 0 Å². The van der Waals surface area contributed by atoms with E-state index < -0.39 is 21.7 Å². The number of piperidine rings is 1. The van der Waals surface area contributed by atoms with Gasteiger partial charge in [0, 0.05) is 25.8 Å². The van der Waals surface area contributed by atoms with Gasteiger partial charge in [0.15, 0.2) is 0 Å². The highest BCUT2D eigenvalue weighted by atomic mass is 32.2. The number of benzene rings is 2. The van der Waals surface area contributed by atoms with Crippen LogP contribution in [0.1, 0.15) is 29.7 Å². The van der Waals surface area contributed by atoms with Crippen LogP contribution in [0.5, 0.6) is 5.75 Å². The number of methoxy groups -OCH3 is 1. The van der Waals surface area contributed by atoms with Gasteiger partial charge in [-0.3, -0.25) is 9.78 Å². The van der Waals surface area contributed by atoms with Crippen LogP contribution in [0.3, 0.4) is 0 Å². The lowest BCUT2D eigenvalue weighted by Gasteiger charge is -2.38. The number of carbonyl (C=O) groups is 1. The van der Waals surface area contributed by atoms with Crippen LogP contribution in [0.25, 0.3) is 0 Å². The number of pyridine rings is 1. The number of fused-ring (bicyclic) bond motifs is 1. The predicted octanol–water partition coefficient (Wildman–Crippen LogP) is 2.73. The number of aromatic nitrogens is 1. The van der Waals surface area contributed by atoms with E-state index in [-0.39, 0.29) is 30.6 Å². The second-order valence-electron chi connectivity index (χ2n) is 9.99. The first kappa shape index (κ1) is 27.3. The fourth-order valence-electron chi connectivity index (χ4n) is 5.26. The molecule has 5 rings (SSSR count). The molecular formula is C29H33N3O6S. The molecule has 0 bridgehead atoms. The van der Waals surface area contributed by atoms with Crippen molar-refractivity contribution >= 4 is 15.9 Å². The van der Waals surface area contributed by atoms with Crippen LogP contribution in [0.15, 0.2) is 77.8 Å². The Balaban J connectivity index is 1.23. The van der Waals surface area contributed by atoms with E-state index in [1.165, 1.54) is 11.4 Å². The van der Waals surface area contributed by atoms with Crippen molar-refractivity contribution in [2.75, 3.05) is 33.4 Å². The molecule has 39 heavy (non-hydrogen) atoms. The Morgan fingerprint density at radius 3 is 2.38 bits per heavy atom. The average Bonchev–Trinajstić information content (AvgIpc) is 2.97. The largest absolute Gasteiger partial charge is 0.497 e. The zero-order valence-electron chi connectivity index (χ0n) is 21.9. The summed E-state index contributed by atoms with van der Waals surface area (Å²) in [6, 6.07) is 19.1. The number of amides is 1. The number of hydrogen-bond acceptors (Lipinski definition) is 7. The molecule has 0 aliphatic carbocycles. The summed E-state index contributed by atoms with van der Waals surface area (Å²) in [6.45, 7) is 0.941. The molecule has 2 aliphatic heterocycles. The van der Waals surface area contributed by atoms with E-state index in [4.69, 9.17) is 9.47 Å². The smallest absolute Gasteiger partial charge is 0.248 e. The summed E-state index contributed by atoms with van der Waals surface area (Å²) in [5.74, 6) is 0.395. The molecule has 0 spiro atoms. The zero-order chi connectivity index (χ0) is 27.5. The maximum absolute atomic E-state index is 13.7. The number of ether oxygens (including phenoxy) is 2. The molecule has 1 aromatic heterocycles. The monoisotopic (exact) mass is 551 g/mol. The minimum absolute atomic E-state index is 0.0845. The molecule has 206 valence electrons. The molecular weight excluding hydrogens is 518 g/mol. The molecule has 3 aromatic rings. The molecule has 2 aromatic carbocycles. The van der Waals surface area contributed by atoms with Crippen LogP contribution in [-0.2, 0) is 38.1 Å². The van der Waals surface area contributed by atoms with E-state index in [0.29, 0.717) is 43.8 Å². The zero-order valence-corrected chi connectivity index (χ0v) is 22.7. The van der Waals surface area contributed by atoms with Crippen LogP contribution >= 0.6 is 0 Å². The minimum atomic E-state index is -3.82. The lowest BCUT2D eigenvalue weighted by atomic mass is 9.88. The van der Waals surface area contributed by atoms with Crippen molar-refractivity contribution in [3.05, 3.63) is 89.7 Å². The third-order valence-electron chi connectivity index (χ3n) is 7.59. The average molecular weight is 552 g/mol. The first-order chi connectivity index (χ1) is 18.8. The lowest BCUT2D eigenvalue weighted by molar-refractivity contribution is -0.141. The summed E-state index contributed by atoms with van der Waals surface area (Å²) in [4.78, 5) is 19.0. The van der Waals surface area contributed by atoms with Gasteiger partial charge in [-0.15, -0.1) is 0 Å². The van der Waals surface area contributed by atoms with Crippen LogP contribution in [0.4, 0.5) is 0 Å². The molecule has 1 N–H and O–H groups in total. The van der Waals surface area contributed by atoms with E-state index >= 15 is 0 Å². The third-order valence-corrected chi connectivity index (χ3v) is 9.51. The maximum Gasteiger partial charge on any atom is 0.248 e. The molecule has 0 radical (unpaired) electrons. The minimum Gasteiger partial charge on any atom is -0.497 e. The summed E-state index contributed by atoms with van der Waals surface area (Å²) in [6.07, 6.45) is 2.92. The van der Waals surface area contributed by atoms with E-state index in [1.54, 1.807) is 47.5 Å². The van der Waals surface area contributed by atoms with Gasteiger partial charge in [0.2, 0.25) is 15.9 Å². The number of sulfonamides is 1. The quantitative estimate of drug-likeness (QED) is 0.459. The molecule has 1 fully saturated rings. The van der Waals surface area contributed by atoms with Gasteiger partial charge in [-0.2, -0.15) is 4.31 Å². The van der Waals surface area contributed by atoms with Gasteiger partial charge in [0.25, 0.3) is 0 Å². The van der Waals surface area contributed by atoms with Crippen LogP contribution in [0, 0.1) is 0 Å². The fraction of sp³-hybridized carbons (Fsp3) is 0.379. The van der Waals surface area contributed by atoms with Crippen molar-refractivity contribution < 1.29 is 27.8 Å². The summed E-state index contributed by atoms with van der Waals surface area (Å²) in [5.41, 5.74) is 1.59. The van der Waals surface area contributed by atoms with Crippen molar-refractivity contribution in [1.29, 1.82) is 0 Å². The van der Waals surface area contributed by atoms with Crippen LogP contribution in [0.2, 0.25) is 0 Å². The normalized spacial score (nSPS) is 19.3. The Morgan fingerprint density at radius 1 is 1.03 bits per heavy atom. The highest BCUT2D eigenvalue weighted by molar-refractivity contribution is 7.89. The third kappa shape index (κ3) is 5.84.